The number of pyridine rings is 1. The number of hydrogen-bond acceptors (Lipinski definition) is 5. The molecule has 0 unspecified atom stereocenters. The van der Waals surface area contributed by atoms with Gasteiger partial charge < -0.3 is 14.5 Å². The van der Waals surface area contributed by atoms with Crippen molar-refractivity contribution in [3.8, 4) is 23.5 Å². The first-order valence-electron chi connectivity index (χ1n) is 10.5. The topological polar surface area (TPSA) is 68.5 Å². The minimum absolute atomic E-state index is 0.313. The average Bonchev–Trinajstić information content (AvgIpc) is 3.31. The molecule has 33 heavy (non-hydrogen) atoms. The number of nitrogens with one attached hydrogen (secondary N) is 1. The van der Waals surface area contributed by atoms with E-state index in [0.29, 0.717) is 23.5 Å². The third-order valence-corrected chi connectivity index (χ3v) is 5.33. The Morgan fingerprint density at radius 2 is 2.00 bits per heavy atom. The molecule has 0 fully saturated rings. The highest BCUT2D eigenvalue weighted by Gasteiger charge is 2.15. The van der Waals surface area contributed by atoms with E-state index in [1.54, 1.807) is 25.3 Å². The highest BCUT2D eigenvalue weighted by atomic mass is 16.5. The van der Waals surface area contributed by atoms with Gasteiger partial charge in [-0.05, 0) is 55.5 Å². The Kier molecular flexibility index (Phi) is 5.21. The Hall–Kier alpha value is -4.63. The number of terminal acetylenes is 1. The lowest BCUT2D eigenvalue weighted by Gasteiger charge is -2.12. The summed E-state index contributed by atoms with van der Waals surface area (Å²) in [5.41, 5.74) is 6.48. The van der Waals surface area contributed by atoms with Gasteiger partial charge in [-0.3, -0.25) is 4.98 Å². The van der Waals surface area contributed by atoms with Crippen LogP contribution < -0.4 is 5.32 Å². The predicted octanol–water partition coefficient (Wildman–Crippen LogP) is 5.45. The van der Waals surface area contributed by atoms with Crippen molar-refractivity contribution in [3.63, 3.8) is 0 Å². The molecule has 160 valence electrons. The van der Waals surface area contributed by atoms with Gasteiger partial charge in [0.2, 0.25) is 0 Å². The van der Waals surface area contributed by atoms with Crippen molar-refractivity contribution in [1.29, 1.82) is 0 Å². The van der Waals surface area contributed by atoms with Crippen LogP contribution in [0.1, 0.15) is 22.8 Å². The molecule has 3 aromatic heterocycles. The van der Waals surface area contributed by atoms with E-state index in [4.69, 9.17) is 16.1 Å². The third kappa shape index (κ3) is 3.88. The Bertz CT molecular complexity index is 1530. The first-order valence-corrected chi connectivity index (χ1v) is 10.5. The maximum atomic E-state index is 12.3. The highest BCUT2D eigenvalue weighted by Crippen LogP contribution is 2.31. The zero-order valence-corrected chi connectivity index (χ0v) is 17.9. The summed E-state index contributed by atoms with van der Waals surface area (Å²) < 4.78 is 7.23. The molecule has 1 N–H and O–H groups in total. The number of rotatable bonds is 5. The Labute approximate surface area is 190 Å². The minimum atomic E-state index is -0.374. The van der Waals surface area contributed by atoms with Crippen LogP contribution in [0.25, 0.3) is 27.7 Å². The molecule has 6 nitrogen and oxygen atoms in total. The first-order chi connectivity index (χ1) is 16.2. The molecule has 5 aromatic rings. The summed E-state index contributed by atoms with van der Waals surface area (Å²) in [6.07, 6.45) is 11.2. The van der Waals surface area contributed by atoms with Crippen LogP contribution in [0.5, 0.6) is 0 Å². The SMILES string of the molecule is C#Cc1cccc(Nc2nc3cc(C(=O)OCC)ccc3n3cc(-c4cccnc4)cc23)c1. The normalized spacial score (nSPS) is 10.8. The first kappa shape index (κ1) is 20.3. The van der Waals surface area contributed by atoms with E-state index in [0.717, 1.165) is 33.4 Å². The van der Waals surface area contributed by atoms with Gasteiger partial charge in [-0.1, -0.05) is 18.1 Å². The predicted molar refractivity (Wildman–Crippen MR) is 130 cm³/mol. The number of ether oxygens (including phenoxy) is 1. The Morgan fingerprint density at radius 1 is 1.09 bits per heavy atom. The average molecular weight is 432 g/mol. The highest BCUT2D eigenvalue weighted by molar-refractivity contribution is 5.96. The number of hydrogen-bond donors (Lipinski definition) is 1. The Balaban J connectivity index is 1.71. The fraction of sp³-hybridized carbons (Fsp3) is 0.0741. The van der Waals surface area contributed by atoms with E-state index < -0.39 is 0 Å². The molecule has 6 heteroatoms. The van der Waals surface area contributed by atoms with Crippen molar-refractivity contribution >= 4 is 34.0 Å². The van der Waals surface area contributed by atoms with Gasteiger partial charge in [0.15, 0.2) is 5.82 Å². The second-order valence-electron chi connectivity index (χ2n) is 7.46. The van der Waals surface area contributed by atoms with E-state index in [1.807, 2.05) is 54.9 Å². The monoisotopic (exact) mass is 432 g/mol. The summed E-state index contributed by atoms with van der Waals surface area (Å²) in [5.74, 6) is 2.93. The molecule has 0 aliphatic carbocycles. The van der Waals surface area contributed by atoms with Crippen LogP contribution in [0.4, 0.5) is 11.5 Å². The number of carbonyl (C=O) groups excluding carboxylic acids is 1. The van der Waals surface area contributed by atoms with Crippen LogP contribution in [-0.2, 0) is 4.74 Å². The van der Waals surface area contributed by atoms with Crippen molar-refractivity contribution in [3.05, 3.63) is 90.4 Å². The molecule has 2 aromatic carbocycles. The summed E-state index contributed by atoms with van der Waals surface area (Å²) in [6.45, 7) is 2.10. The zero-order chi connectivity index (χ0) is 22.8. The molecule has 0 saturated heterocycles. The van der Waals surface area contributed by atoms with Crippen molar-refractivity contribution in [2.75, 3.05) is 11.9 Å². The van der Waals surface area contributed by atoms with Gasteiger partial charge in [0.05, 0.1) is 28.7 Å². The van der Waals surface area contributed by atoms with Gasteiger partial charge in [-0.25, -0.2) is 9.78 Å². The number of esters is 1. The molecular formula is C27H20N4O2. The largest absolute Gasteiger partial charge is 0.462 e. The number of fused-ring (bicyclic) bond motifs is 3. The van der Waals surface area contributed by atoms with Crippen molar-refractivity contribution in [1.82, 2.24) is 14.4 Å². The molecule has 0 amide bonds. The second-order valence-corrected chi connectivity index (χ2v) is 7.46. The molecule has 0 spiro atoms. The van der Waals surface area contributed by atoms with E-state index in [9.17, 15) is 4.79 Å². The minimum Gasteiger partial charge on any atom is -0.462 e. The van der Waals surface area contributed by atoms with Crippen LogP contribution in [0.3, 0.4) is 0 Å². The molecular weight excluding hydrogens is 412 g/mol. The van der Waals surface area contributed by atoms with Crippen LogP contribution >= 0.6 is 0 Å². The summed E-state index contributed by atoms with van der Waals surface area (Å²) in [7, 11) is 0. The van der Waals surface area contributed by atoms with Gasteiger partial charge >= 0.3 is 5.97 Å². The van der Waals surface area contributed by atoms with E-state index in [1.165, 1.54) is 0 Å². The van der Waals surface area contributed by atoms with Gasteiger partial charge in [0.25, 0.3) is 0 Å². The number of nitrogens with zero attached hydrogens (tertiary/aromatic N) is 3. The molecule has 0 radical (unpaired) electrons. The number of aromatic nitrogens is 3. The fourth-order valence-corrected chi connectivity index (χ4v) is 3.79. The van der Waals surface area contributed by atoms with Crippen LogP contribution in [0.2, 0.25) is 0 Å². The molecule has 3 heterocycles. The third-order valence-electron chi connectivity index (χ3n) is 5.33. The van der Waals surface area contributed by atoms with Crippen LogP contribution in [-0.4, -0.2) is 26.9 Å². The van der Waals surface area contributed by atoms with Crippen molar-refractivity contribution < 1.29 is 9.53 Å². The maximum absolute atomic E-state index is 12.3. The molecule has 0 bridgehead atoms. The number of anilines is 2. The van der Waals surface area contributed by atoms with Crippen LogP contribution in [0.15, 0.2) is 79.3 Å². The Morgan fingerprint density at radius 3 is 2.79 bits per heavy atom. The van der Waals surface area contributed by atoms with Gasteiger partial charge in [-0.2, -0.15) is 0 Å². The summed E-state index contributed by atoms with van der Waals surface area (Å²) >= 11 is 0. The zero-order valence-electron chi connectivity index (χ0n) is 17.9. The number of benzene rings is 2. The second kappa shape index (κ2) is 8.48. The van der Waals surface area contributed by atoms with Crippen molar-refractivity contribution in [2.24, 2.45) is 0 Å². The number of carbonyl (C=O) groups is 1. The molecule has 0 atom stereocenters. The lowest BCUT2D eigenvalue weighted by atomic mass is 10.1. The lowest BCUT2D eigenvalue weighted by molar-refractivity contribution is 0.0526. The molecule has 5 rings (SSSR count). The van der Waals surface area contributed by atoms with Gasteiger partial charge in [0.1, 0.15) is 0 Å². The quantitative estimate of drug-likeness (QED) is 0.295. The molecule has 0 aliphatic rings. The van der Waals surface area contributed by atoms with E-state index >= 15 is 0 Å². The maximum Gasteiger partial charge on any atom is 0.338 e. The lowest BCUT2D eigenvalue weighted by Crippen LogP contribution is -2.05. The van der Waals surface area contributed by atoms with Crippen molar-refractivity contribution in [2.45, 2.75) is 6.92 Å². The fourth-order valence-electron chi connectivity index (χ4n) is 3.79. The molecule has 0 aliphatic heterocycles. The van der Waals surface area contributed by atoms with Crippen LogP contribution in [0, 0.1) is 12.3 Å². The standard InChI is InChI=1S/C27H20N4O2/c1-3-18-7-5-9-22(13-18)29-26-25-15-21(20-8-6-12-28-16-20)17-31(25)24-11-10-19(14-23(24)30-26)27(32)33-4-2/h1,5-17H,4H2,2H3,(H,29,30). The smallest absolute Gasteiger partial charge is 0.338 e. The van der Waals surface area contributed by atoms with E-state index in [-0.39, 0.29) is 5.97 Å². The molecule has 0 saturated carbocycles. The van der Waals surface area contributed by atoms with E-state index in [2.05, 4.69) is 26.7 Å². The summed E-state index contributed by atoms with van der Waals surface area (Å²) in [6, 6.07) is 19.0. The van der Waals surface area contributed by atoms with Gasteiger partial charge in [-0.15, -0.1) is 6.42 Å². The van der Waals surface area contributed by atoms with Gasteiger partial charge in [0, 0.05) is 41.0 Å². The summed E-state index contributed by atoms with van der Waals surface area (Å²) in [4.78, 5) is 21.4. The summed E-state index contributed by atoms with van der Waals surface area (Å²) in [5, 5.41) is 3.39.